The average Bonchev–Trinajstić information content (AvgIpc) is 2.89. The first-order valence-corrected chi connectivity index (χ1v) is 6.83. The molecule has 1 aliphatic rings. The first kappa shape index (κ1) is 13.8. The van der Waals surface area contributed by atoms with Gasteiger partial charge < -0.3 is 11.1 Å². The molecule has 0 saturated heterocycles. The first-order valence-electron chi connectivity index (χ1n) is 6.83. The van der Waals surface area contributed by atoms with E-state index in [1.807, 2.05) is 13.0 Å². The molecule has 19 heavy (non-hydrogen) atoms. The molecule has 0 amide bonds. The van der Waals surface area contributed by atoms with E-state index in [1.165, 1.54) is 25.7 Å². The summed E-state index contributed by atoms with van der Waals surface area (Å²) < 4.78 is 0. The average molecular weight is 263 g/mol. The lowest BCUT2D eigenvalue weighted by atomic mass is 9.98. The third-order valence-electron chi connectivity index (χ3n) is 3.85. The Balaban J connectivity index is 2.14. The first-order chi connectivity index (χ1) is 9.10. The Morgan fingerprint density at radius 2 is 2.11 bits per heavy atom. The molecular formula is C14H21N3O2. The number of nitro benzene ring substituents is 1. The van der Waals surface area contributed by atoms with Crippen LogP contribution >= 0.6 is 0 Å². The Morgan fingerprint density at radius 1 is 1.42 bits per heavy atom. The second-order valence-electron chi connectivity index (χ2n) is 5.35. The Morgan fingerprint density at radius 3 is 2.68 bits per heavy atom. The third kappa shape index (κ3) is 3.44. The fourth-order valence-electron chi connectivity index (χ4n) is 2.89. The van der Waals surface area contributed by atoms with E-state index in [1.54, 1.807) is 12.1 Å². The number of nitrogens with zero attached hydrogens (tertiary/aromatic N) is 1. The van der Waals surface area contributed by atoms with Crippen molar-refractivity contribution in [2.45, 2.75) is 38.6 Å². The van der Waals surface area contributed by atoms with Crippen molar-refractivity contribution in [3.63, 3.8) is 0 Å². The van der Waals surface area contributed by atoms with Gasteiger partial charge in [0.15, 0.2) is 0 Å². The van der Waals surface area contributed by atoms with Gasteiger partial charge in [0.2, 0.25) is 0 Å². The summed E-state index contributed by atoms with van der Waals surface area (Å²) in [5.41, 5.74) is 7.66. The van der Waals surface area contributed by atoms with Gasteiger partial charge in [0.1, 0.15) is 0 Å². The van der Waals surface area contributed by atoms with Crippen LogP contribution in [0.4, 0.5) is 11.4 Å². The van der Waals surface area contributed by atoms with Gasteiger partial charge in [-0.15, -0.1) is 0 Å². The minimum Gasteiger partial charge on any atom is -0.381 e. The zero-order valence-corrected chi connectivity index (χ0v) is 11.3. The van der Waals surface area contributed by atoms with Crippen LogP contribution in [0.5, 0.6) is 0 Å². The van der Waals surface area contributed by atoms with Crippen LogP contribution in [0.2, 0.25) is 0 Å². The van der Waals surface area contributed by atoms with Gasteiger partial charge in [0.25, 0.3) is 5.69 Å². The van der Waals surface area contributed by atoms with Crippen LogP contribution in [0.15, 0.2) is 18.2 Å². The lowest BCUT2D eigenvalue weighted by Gasteiger charge is -2.24. The molecule has 0 bridgehead atoms. The minimum absolute atomic E-state index is 0.129. The normalized spacial score (nSPS) is 17.4. The number of benzene rings is 1. The van der Waals surface area contributed by atoms with E-state index < -0.39 is 0 Å². The van der Waals surface area contributed by atoms with Gasteiger partial charge in [-0.05, 0) is 37.3 Å². The van der Waals surface area contributed by atoms with Crippen molar-refractivity contribution in [1.82, 2.24) is 0 Å². The zero-order valence-electron chi connectivity index (χ0n) is 11.3. The maximum Gasteiger partial charge on any atom is 0.271 e. The van der Waals surface area contributed by atoms with Crippen LogP contribution in [0.3, 0.4) is 0 Å². The smallest absolute Gasteiger partial charge is 0.271 e. The molecular weight excluding hydrogens is 242 g/mol. The molecule has 1 atom stereocenters. The maximum absolute atomic E-state index is 10.9. The van der Waals surface area contributed by atoms with Gasteiger partial charge in [-0.3, -0.25) is 10.1 Å². The molecule has 0 spiro atoms. The highest BCUT2D eigenvalue weighted by molar-refractivity contribution is 5.54. The molecule has 5 nitrogen and oxygen atoms in total. The monoisotopic (exact) mass is 263 g/mol. The third-order valence-corrected chi connectivity index (χ3v) is 3.85. The van der Waals surface area contributed by atoms with Crippen LogP contribution in [-0.2, 0) is 0 Å². The van der Waals surface area contributed by atoms with E-state index in [0.29, 0.717) is 12.5 Å². The van der Waals surface area contributed by atoms with Crippen LogP contribution in [0.1, 0.15) is 31.2 Å². The van der Waals surface area contributed by atoms with Gasteiger partial charge in [-0.2, -0.15) is 0 Å². The van der Waals surface area contributed by atoms with E-state index in [-0.39, 0.29) is 16.7 Å². The molecule has 1 aliphatic carbocycles. The molecule has 5 heteroatoms. The van der Waals surface area contributed by atoms with Crippen molar-refractivity contribution >= 4 is 11.4 Å². The SMILES string of the molecule is Cc1cc(NC(CN)C2CCCC2)cc([N+](=O)[O-])c1. The van der Waals surface area contributed by atoms with E-state index in [9.17, 15) is 10.1 Å². The van der Waals surface area contributed by atoms with Gasteiger partial charge in [-0.1, -0.05) is 12.8 Å². The Kier molecular flexibility index (Phi) is 4.37. The largest absolute Gasteiger partial charge is 0.381 e. The number of non-ortho nitro benzene ring substituents is 1. The van der Waals surface area contributed by atoms with E-state index in [2.05, 4.69) is 5.32 Å². The fraction of sp³-hybridized carbons (Fsp3) is 0.571. The van der Waals surface area contributed by atoms with Crippen molar-refractivity contribution in [3.05, 3.63) is 33.9 Å². The summed E-state index contributed by atoms with van der Waals surface area (Å²) >= 11 is 0. The molecule has 2 rings (SSSR count). The summed E-state index contributed by atoms with van der Waals surface area (Å²) in [7, 11) is 0. The number of nitro groups is 1. The topological polar surface area (TPSA) is 81.2 Å². The molecule has 1 saturated carbocycles. The Labute approximate surface area is 113 Å². The number of nitrogens with one attached hydrogen (secondary N) is 1. The molecule has 104 valence electrons. The standard InChI is InChI=1S/C14H21N3O2/c1-10-6-12(8-13(7-10)17(18)19)16-14(9-15)11-4-2-3-5-11/h6-8,11,14,16H,2-5,9,15H2,1H3. The molecule has 1 aromatic rings. The summed E-state index contributed by atoms with van der Waals surface area (Å²) in [6.45, 7) is 2.43. The zero-order chi connectivity index (χ0) is 13.8. The van der Waals surface area contributed by atoms with Crippen LogP contribution in [0, 0.1) is 23.0 Å². The number of hydrogen-bond donors (Lipinski definition) is 2. The number of nitrogens with two attached hydrogens (primary N) is 1. The highest BCUT2D eigenvalue weighted by Crippen LogP contribution is 2.30. The number of rotatable bonds is 5. The second-order valence-corrected chi connectivity index (χ2v) is 5.35. The molecule has 0 radical (unpaired) electrons. The van der Waals surface area contributed by atoms with Crippen molar-refractivity contribution in [3.8, 4) is 0 Å². The second kappa shape index (κ2) is 6.02. The van der Waals surface area contributed by atoms with Gasteiger partial charge in [-0.25, -0.2) is 0 Å². The summed E-state index contributed by atoms with van der Waals surface area (Å²) in [4.78, 5) is 10.5. The highest BCUT2D eigenvalue weighted by Gasteiger charge is 2.24. The van der Waals surface area contributed by atoms with Gasteiger partial charge in [0, 0.05) is 30.4 Å². The van der Waals surface area contributed by atoms with E-state index >= 15 is 0 Å². The molecule has 0 aromatic heterocycles. The Bertz CT molecular complexity index is 456. The molecule has 3 N–H and O–H groups in total. The lowest BCUT2D eigenvalue weighted by Crippen LogP contribution is -2.35. The summed E-state index contributed by atoms with van der Waals surface area (Å²) in [6, 6.07) is 5.32. The van der Waals surface area contributed by atoms with Gasteiger partial charge in [0.05, 0.1) is 4.92 Å². The molecule has 1 fully saturated rings. The predicted octanol–water partition coefficient (Wildman–Crippen LogP) is 2.83. The van der Waals surface area contributed by atoms with Crippen molar-refractivity contribution in [2.24, 2.45) is 11.7 Å². The lowest BCUT2D eigenvalue weighted by molar-refractivity contribution is -0.384. The van der Waals surface area contributed by atoms with Crippen LogP contribution in [0.25, 0.3) is 0 Å². The Hall–Kier alpha value is -1.62. The quantitative estimate of drug-likeness (QED) is 0.632. The van der Waals surface area contributed by atoms with Crippen molar-refractivity contribution in [2.75, 3.05) is 11.9 Å². The van der Waals surface area contributed by atoms with Gasteiger partial charge >= 0.3 is 0 Å². The summed E-state index contributed by atoms with van der Waals surface area (Å²) in [5.74, 6) is 0.588. The molecule has 1 aromatic carbocycles. The maximum atomic E-state index is 10.9. The van der Waals surface area contributed by atoms with Crippen molar-refractivity contribution in [1.29, 1.82) is 0 Å². The van der Waals surface area contributed by atoms with Crippen LogP contribution < -0.4 is 11.1 Å². The fourth-order valence-corrected chi connectivity index (χ4v) is 2.89. The number of anilines is 1. The molecule has 1 unspecified atom stereocenters. The molecule has 0 aliphatic heterocycles. The predicted molar refractivity (Wildman–Crippen MR) is 76.3 cm³/mol. The highest BCUT2D eigenvalue weighted by atomic mass is 16.6. The summed E-state index contributed by atoms with van der Waals surface area (Å²) in [6.07, 6.45) is 4.92. The number of hydrogen-bond acceptors (Lipinski definition) is 4. The van der Waals surface area contributed by atoms with Crippen LogP contribution in [-0.4, -0.2) is 17.5 Å². The summed E-state index contributed by atoms with van der Waals surface area (Å²) in [5, 5.41) is 14.2. The minimum atomic E-state index is -0.356. The molecule has 0 heterocycles. The number of aryl methyl sites for hydroxylation is 1. The van der Waals surface area contributed by atoms with Crippen molar-refractivity contribution < 1.29 is 4.92 Å². The van der Waals surface area contributed by atoms with E-state index in [4.69, 9.17) is 5.73 Å². The van der Waals surface area contributed by atoms with E-state index in [0.717, 1.165) is 11.3 Å².